The molecule has 0 spiro atoms. The third kappa shape index (κ3) is 3.52. The van der Waals surface area contributed by atoms with Crippen molar-refractivity contribution in [3.05, 3.63) is 53.1 Å². The monoisotopic (exact) mass is 318 g/mol. The molecule has 0 unspecified atom stereocenters. The van der Waals surface area contributed by atoms with Crippen molar-refractivity contribution in [2.24, 2.45) is 0 Å². The fraction of sp³-hybridized carbons (Fsp3) is 0.188. The quantitative estimate of drug-likeness (QED) is 0.701. The Hall–Kier alpha value is -1.65. The lowest BCUT2D eigenvalue weighted by Gasteiger charge is -2.02. The van der Waals surface area contributed by atoms with E-state index in [1.54, 1.807) is 18.9 Å². The van der Waals surface area contributed by atoms with Crippen molar-refractivity contribution in [3.63, 3.8) is 0 Å². The lowest BCUT2D eigenvalue weighted by molar-refractivity contribution is 0.414. The molecule has 0 saturated carbocycles. The van der Waals surface area contributed by atoms with Gasteiger partial charge in [0.25, 0.3) is 0 Å². The minimum atomic E-state index is 0.723. The minimum absolute atomic E-state index is 0.723. The SMILES string of the molecule is COc1ccc(CCSc2nc3ccc(Cl)cc3[nH]2)cc1. The standard InChI is InChI=1S/C16H15ClN2OS/c1-20-13-5-2-11(3-6-13)8-9-21-16-18-14-7-4-12(17)10-15(14)19-16/h2-7,10H,8-9H2,1H3,(H,18,19). The number of aromatic amines is 1. The Kier molecular flexibility index (Phi) is 4.36. The fourth-order valence-corrected chi connectivity index (χ4v) is 3.13. The Bertz CT molecular complexity index is 740. The van der Waals surface area contributed by atoms with Crippen molar-refractivity contribution in [3.8, 4) is 5.75 Å². The van der Waals surface area contributed by atoms with Crippen LogP contribution in [0.3, 0.4) is 0 Å². The highest BCUT2D eigenvalue weighted by molar-refractivity contribution is 7.99. The predicted molar refractivity (Wildman–Crippen MR) is 88.5 cm³/mol. The van der Waals surface area contributed by atoms with E-state index in [4.69, 9.17) is 16.3 Å². The molecule has 0 bridgehead atoms. The van der Waals surface area contributed by atoms with Crippen LogP contribution in [0.5, 0.6) is 5.75 Å². The summed E-state index contributed by atoms with van der Waals surface area (Å²) in [6.07, 6.45) is 0.993. The van der Waals surface area contributed by atoms with Crippen LogP contribution in [-0.4, -0.2) is 22.8 Å². The number of aryl methyl sites for hydroxylation is 1. The van der Waals surface area contributed by atoms with Gasteiger partial charge in [0, 0.05) is 10.8 Å². The van der Waals surface area contributed by atoms with Crippen molar-refractivity contribution < 1.29 is 4.74 Å². The molecule has 1 aromatic heterocycles. The second kappa shape index (κ2) is 6.41. The summed E-state index contributed by atoms with van der Waals surface area (Å²) >= 11 is 7.69. The van der Waals surface area contributed by atoms with Crippen LogP contribution < -0.4 is 4.74 Å². The van der Waals surface area contributed by atoms with Crippen LogP contribution in [0.15, 0.2) is 47.6 Å². The molecule has 0 aliphatic rings. The smallest absolute Gasteiger partial charge is 0.166 e. The molecule has 5 heteroatoms. The van der Waals surface area contributed by atoms with Crippen LogP contribution in [0.1, 0.15) is 5.56 Å². The number of imidazole rings is 1. The van der Waals surface area contributed by atoms with Gasteiger partial charge in [-0.25, -0.2) is 4.98 Å². The topological polar surface area (TPSA) is 37.9 Å². The summed E-state index contributed by atoms with van der Waals surface area (Å²) in [5.74, 6) is 1.86. The maximum absolute atomic E-state index is 5.97. The van der Waals surface area contributed by atoms with E-state index < -0.39 is 0 Å². The second-order valence-corrected chi connectivity index (χ2v) is 6.17. The average molecular weight is 319 g/mol. The highest BCUT2D eigenvalue weighted by atomic mass is 35.5. The normalized spacial score (nSPS) is 11.0. The van der Waals surface area contributed by atoms with E-state index in [0.717, 1.165) is 39.1 Å². The Morgan fingerprint density at radius 3 is 2.76 bits per heavy atom. The summed E-state index contributed by atoms with van der Waals surface area (Å²) in [6, 6.07) is 13.9. The van der Waals surface area contributed by atoms with E-state index in [0.29, 0.717) is 0 Å². The van der Waals surface area contributed by atoms with Gasteiger partial charge in [-0.3, -0.25) is 0 Å². The molecule has 1 heterocycles. The summed E-state index contributed by atoms with van der Waals surface area (Å²) < 4.78 is 5.16. The van der Waals surface area contributed by atoms with Gasteiger partial charge in [0.15, 0.2) is 5.16 Å². The van der Waals surface area contributed by atoms with E-state index in [2.05, 4.69) is 22.1 Å². The number of hydrogen-bond acceptors (Lipinski definition) is 3. The number of fused-ring (bicyclic) bond motifs is 1. The second-order valence-electron chi connectivity index (χ2n) is 4.65. The van der Waals surface area contributed by atoms with Gasteiger partial charge < -0.3 is 9.72 Å². The molecule has 0 saturated heterocycles. The number of aromatic nitrogens is 2. The molecule has 3 nitrogen and oxygen atoms in total. The average Bonchev–Trinajstić information content (AvgIpc) is 2.89. The van der Waals surface area contributed by atoms with Crippen LogP contribution in [0.4, 0.5) is 0 Å². The Morgan fingerprint density at radius 1 is 1.19 bits per heavy atom. The Morgan fingerprint density at radius 2 is 2.00 bits per heavy atom. The molecule has 21 heavy (non-hydrogen) atoms. The predicted octanol–water partition coefficient (Wildman–Crippen LogP) is 4.56. The number of methoxy groups -OCH3 is 1. The molecule has 0 fully saturated rings. The van der Waals surface area contributed by atoms with E-state index in [9.17, 15) is 0 Å². The summed E-state index contributed by atoms with van der Waals surface area (Å²) in [6.45, 7) is 0. The number of rotatable bonds is 5. The molecule has 0 aliphatic heterocycles. The molecule has 2 aromatic carbocycles. The summed E-state index contributed by atoms with van der Waals surface area (Å²) in [5.41, 5.74) is 3.23. The van der Waals surface area contributed by atoms with Gasteiger partial charge in [-0.05, 0) is 42.3 Å². The molecule has 0 atom stereocenters. The summed E-state index contributed by atoms with van der Waals surface area (Å²) in [7, 11) is 1.68. The number of hydrogen-bond donors (Lipinski definition) is 1. The molecule has 0 amide bonds. The van der Waals surface area contributed by atoms with Crippen molar-refractivity contribution in [2.45, 2.75) is 11.6 Å². The number of nitrogens with one attached hydrogen (secondary N) is 1. The van der Waals surface area contributed by atoms with Crippen molar-refractivity contribution in [1.82, 2.24) is 9.97 Å². The van der Waals surface area contributed by atoms with Crippen molar-refractivity contribution >= 4 is 34.4 Å². The van der Waals surface area contributed by atoms with Gasteiger partial charge in [-0.1, -0.05) is 35.5 Å². The molecule has 0 aliphatic carbocycles. The van der Waals surface area contributed by atoms with E-state index in [1.165, 1.54) is 5.56 Å². The van der Waals surface area contributed by atoms with Gasteiger partial charge in [-0.2, -0.15) is 0 Å². The molecular weight excluding hydrogens is 304 g/mol. The lowest BCUT2D eigenvalue weighted by Crippen LogP contribution is -1.90. The molecule has 3 rings (SSSR count). The first kappa shape index (κ1) is 14.3. The first-order valence-electron chi connectivity index (χ1n) is 6.65. The van der Waals surface area contributed by atoms with Crippen LogP contribution in [0, 0.1) is 0 Å². The van der Waals surface area contributed by atoms with Crippen LogP contribution in [0.2, 0.25) is 5.02 Å². The van der Waals surface area contributed by atoms with Gasteiger partial charge >= 0.3 is 0 Å². The van der Waals surface area contributed by atoms with Gasteiger partial charge in [0.05, 0.1) is 18.1 Å². The minimum Gasteiger partial charge on any atom is -0.497 e. The molecule has 108 valence electrons. The zero-order chi connectivity index (χ0) is 14.7. The zero-order valence-corrected chi connectivity index (χ0v) is 13.2. The molecule has 0 radical (unpaired) electrons. The maximum Gasteiger partial charge on any atom is 0.166 e. The Labute approximate surface area is 132 Å². The van der Waals surface area contributed by atoms with Gasteiger partial charge in [0.2, 0.25) is 0 Å². The first-order valence-corrected chi connectivity index (χ1v) is 8.02. The van der Waals surface area contributed by atoms with Crippen LogP contribution in [-0.2, 0) is 6.42 Å². The lowest BCUT2D eigenvalue weighted by atomic mass is 10.2. The van der Waals surface area contributed by atoms with E-state index >= 15 is 0 Å². The Balaban J connectivity index is 1.60. The highest BCUT2D eigenvalue weighted by Gasteiger charge is 2.04. The molecule has 3 aromatic rings. The number of thioether (sulfide) groups is 1. The number of ether oxygens (including phenoxy) is 1. The first-order chi connectivity index (χ1) is 10.2. The van der Waals surface area contributed by atoms with Crippen LogP contribution >= 0.6 is 23.4 Å². The fourth-order valence-electron chi connectivity index (χ4n) is 2.08. The number of nitrogens with zero attached hydrogens (tertiary/aromatic N) is 1. The maximum atomic E-state index is 5.97. The highest BCUT2D eigenvalue weighted by Crippen LogP contribution is 2.23. The number of H-pyrrole nitrogens is 1. The van der Waals surface area contributed by atoms with Gasteiger partial charge in [0.1, 0.15) is 5.75 Å². The largest absolute Gasteiger partial charge is 0.497 e. The third-order valence-corrected chi connectivity index (χ3v) is 4.32. The molecular formula is C16H15ClN2OS. The van der Waals surface area contributed by atoms with Gasteiger partial charge in [-0.15, -0.1) is 0 Å². The van der Waals surface area contributed by atoms with Crippen molar-refractivity contribution in [2.75, 3.05) is 12.9 Å². The third-order valence-electron chi connectivity index (χ3n) is 3.21. The number of halogens is 1. The van der Waals surface area contributed by atoms with Crippen LogP contribution in [0.25, 0.3) is 11.0 Å². The molecule has 1 N–H and O–H groups in total. The van der Waals surface area contributed by atoms with E-state index in [-0.39, 0.29) is 0 Å². The summed E-state index contributed by atoms with van der Waals surface area (Å²) in [5, 5.41) is 1.65. The zero-order valence-electron chi connectivity index (χ0n) is 11.6. The summed E-state index contributed by atoms with van der Waals surface area (Å²) in [4.78, 5) is 7.83. The van der Waals surface area contributed by atoms with E-state index in [1.807, 2.05) is 30.3 Å². The van der Waals surface area contributed by atoms with Crippen molar-refractivity contribution in [1.29, 1.82) is 0 Å². The number of benzene rings is 2.